The molecule has 1 aromatic heterocycles. The average Bonchev–Trinajstić information content (AvgIpc) is 2.90. The maximum atomic E-state index is 12.1. The summed E-state index contributed by atoms with van der Waals surface area (Å²) >= 11 is 0. The van der Waals surface area contributed by atoms with Gasteiger partial charge in [-0.3, -0.25) is 14.7 Å². The number of rotatable bonds is 3. The first-order valence-corrected chi connectivity index (χ1v) is 8.02. The van der Waals surface area contributed by atoms with Gasteiger partial charge in [0.2, 0.25) is 5.91 Å². The highest BCUT2D eigenvalue weighted by molar-refractivity contribution is 5.78. The molecule has 5 heteroatoms. The Balaban J connectivity index is 1.73. The fraction of sp³-hybridized carbons (Fsp3) is 0.588. The monoisotopic (exact) mass is 298 g/mol. The maximum absolute atomic E-state index is 12.1. The zero-order valence-corrected chi connectivity index (χ0v) is 12.9. The third kappa shape index (κ3) is 2.97. The van der Waals surface area contributed by atoms with Gasteiger partial charge in [0.1, 0.15) is 6.42 Å². The largest absolute Gasteiger partial charge is 0.340 e. The molecular weight excluding hydrogens is 276 g/mol. The van der Waals surface area contributed by atoms with Gasteiger partial charge in [-0.2, -0.15) is 5.26 Å². The standard InChI is InChI=1S/C17H22N4O/c18-8-3-16(22)20-11-1-6-17(14-20)7-2-12-21(17)13-15-4-9-19-10-5-15/h4-5,9-10H,1-3,6-7,11-14H2/t17-/m0/s1. The number of carbonyl (C=O) groups excluding carboxylic acids is 1. The van der Waals surface area contributed by atoms with Crippen LogP contribution in [0.4, 0.5) is 0 Å². The Morgan fingerprint density at radius 2 is 2.00 bits per heavy atom. The fourth-order valence-electron chi connectivity index (χ4n) is 3.92. The third-order valence-corrected chi connectivity index (χ3v) is 5.00. The molecule has 0 saturated carbocycles. The smallest absolute Gasteiger partial charge is 0.236 e. The Kier molecular flexibility index (Phi) is 4.39. The Morgan fingerprint density at radius 3 is 2.73 bits per heavy atom. The highest BCUT2D eigenvalue weighted by atomic mass is 16.2. The topological polar surface area (TPSA) is 60.2 Å². The van der Waals surface area contributed by atoms with E-state index < -0.39 is 0 Å². The number of aromatic nitrogens is 1. The van der Waals surface area contributed by atoms with E-state index in [1.54, 1.807) is 0 Å². The summed E-state index contributed by atoms with van der Waals surface area (Å²) in [6.45, 7) is 3.58. The summed E-state index contributed by atoms with van der Waals surface area (Å²) in [5.74, 6) is -0.0164. The lowest BCUT2D eigenvalue weighted by Gasteiger charge is -2.46. The molecule has 0 bridgehead atoms. The number of pyridine rings is 1. The summed E-state index contributed by atoms with van der Waals surface area (Å²) in [6.07, 6.45) is 8.18. The number of nitrogens with zero attached hydrogens (tertiary/aromatic N) is 4. The van der Waals surface area contributed by atoms with Crippen LogP contribution in [0.3, 0.4) is 0 Å². The molecule has 1 aromatic rings. The summed E-state index contributed by atoms with van der Waals surface area (Å²) in [7, 11) is 0. The van der Waals surface area contributed by atoms with Crippen molar-refractivity contribution in [1.82, 2.24) is 14.8 Å². The van der Waals surface area contributed by atoms with Crippen molar-refractivity contribution in [1.29, 1.82) is 5.26 Å². The van der Waals surface area contributed by atoms with Crippen molar-refractivity contribution in [3.8, 4) is 6.07 Å². The van der Waals surface area contributed by atoms with Crippen LogP contribution in [0.25, 0.3) is 0 Å². The molecule has 3 heterocycles. The second-order valence-electron chi connectivity index (χ2n) is 6.36. The quantitative estimate of drug-likeness (QED) is 0.856. The molecule has 22 heavy (non-hydrogen) atoms. The molecule has 2 fully saturated rings. The van der Waals surface area contributed by atoms with Crippen molar-refractivity contribution < 1.29 is 4.79 Å². The molecular formula is C17H22N4O. The van der Waals surface area contributed by atoms with Crippen LogP contribution in [-0.2, 0) is 11.3 Å². The average molecular weight is 298 g/mol. The molecule has 0 aliphatic carbocycles. The predicted octanol–water partition coefficient (Wildman–Crippen LogP) is 1.95. The van der Waals surface area contributed by atoms with Gasteiger partial charge in [-0.25, -0.2) is 0 Å². The first-order chi connectivity index (χ1) is 10.7. The van der Waals surface area contributed by atoms with Crippen LogP contribution in [0.2, 0.25) is 0 Å². The molecule has 1 spiro atoms. The zero-order chi connectivity index (χ0) is 15.4. The van der Waals surface area contributed by atoms with Crippen LogP contribution >= 0.6 is 0 Å². The lowest BCUT2D eigenvalue weighted by Crippen LogP contribution is -2.56. The summed E-state index contributed by atoms with van der Waals surface area (Å²) in [6, 6.07) is 6.11. The highest BCUT2D eigenvalue weighted by Gasteiger charge is 2.44. The second kappa shape index (κ2) is 6.45. The Hall–Kier alpha value is -1.93. The van der Waals surface area contributed by atoms with Crippen LogP contribution < -0.4 is 0 Å². The molecule has 2 aliphatic heterocycles. The molecule has 1 amide bonds. The van der Waals surface area contributed by atoms with Gasteiger partial charge < -0.3 is 4.90 Å². The molecule has 5 nitrogen and oxygen atoms in total. The van der Waals surface area contributed by atoms with Gasteiger partial charge >= 0.3 is 0 Å². The minimum Gasteiger partial charge on any atom is -0.340 e. The van der Waals surface area contributed by atoms with Crippen molar-refractivity contribution >= 4 is 5.91 Å². The van der Waals surface area contributed by atoms with E-state index >= 15 is 0 Å². The van der Waals surface area contributed by atoms with E-state index in [0.29, 0.717) is 0 Å². The van der Waals surface area contributed by atoms with E-state index in [1.807, 2.05) is 23.4 Å². The summed E-state index contributed by atoms with van der Waals surface area (Å²) in [5, 5.41) is 8.76. The van der Waals surface area contributed by atoms with Crippen LogP contribution in [0, 0.1) is 11.3 Å². The third-order valence-electron chi connectivity index (χ3n) is 5.00. The van der Waals surface area contributed by atoms with E-state index in [2.05, 4.69) is 22.0 Å². The molecule has 2 aliphatic rings. The highest BCUT2D eigenvalue weighted by Crippen LogP contribution is 2.38. The SMILES string of the molecule is N#CCC(=O)N1CCC[C@]2(CCCN2Cc2ccncc2)C1. The Bertz CT molecular complexity index is 568. The summed E-state index contributed by atoms with van der Waals surface area (Å²) < 4.78 is 0. The van der Waals surface area contributed by atoms with Gasteiger partial charge in [0.25, 0.3) is 0 Å². The molecule has 116 valence electrons. The summed E-state index contributed by atoms with van der Waals surface area (Å²) in [4.78, 5) is 20.6. The van der Waals surface area contributed by atoms with Crippen LogP contribution in [0.1, 0.15) is 37.7 Å². The van der Waals surface area contributed by atoms with Crippen molar-refractivity contribution in [3.63, 3.8) is 0 Å². The molecule has 3 rings (SSSR count). The van der Waals surface area contributed by atoms with E-state index in [-0.39, 0.29) is 17.9 Å². The number of amides is 1. The van der Waals surface area contributed by atoms with E-state index in [4.69, 9.17) is 5.26 Å². The van der Waals surface area contributed by atoms with E-state index in [0.717, 1.165) is 45.4 Å². The number of likely N-dealkylation sites (tertiary alicyclic amines) is 2. The first kappa shape index (κ1) is 15.0. The van der Waals surface area contributed by atoms with Crippen LogP contribution in [0.15, 0.2) is 24.5 Å². The first-order valence-electron chi connectivity index (χ1n) is 8.02. The number of piperidine rings is 1. The van der Waals surface area contributed by atoms with Crippen molar-refractivity contribution in [2.75, 3.05) is 19.6 Å². The van der Waals surface area contributed by atoms with Gasteiger partial charge in [-0.05, 0) is 49.9 Å². The molecule has 0 radical (unpaired) electrons. The van der Waals surface area contributed by atoms with Crippen molar-refractivity contribution in [2.24, 2.45) is 0 Å². The number of hydrogen-bond donors (Lipinski definition) is 0. The molecule has 1 atom stereocenters. The molecule has 0 unspecified atom stereocenters. The Labute approximate surface area is 131 Å². The van der Waals surface area contributed by atoms with Crippen molar-refractivity contribution in [2.45, 2.75) is 44.2 Å². The minimum atomic E-state index is -0.0164. The van der Waals surface area contributed by atoms with Gasteiger partial charge in [-0.15, -0.1) is 0 Å². The fourth-order valence-corrected chi connectivity index (χ4v) is 3.92. The van der Waals surface area contributed by atoms with Crippen molar-refractivity contribution in [3.05, 3.63) is 30.1 Å². The van der Waals surface area contributed by atoms with Gasteiger partial charge in [0.15, 0.2) is 0 Å². The minimum absolute atomic E-state index is 0.000431. The normalized spacial score (nSPS) is 25.3. The Morgan fingerprint density at radius 1 is 1.27 bits per heavy atom. The maximum Gasteiger partial charge on any atom is 0.236 e. The summed E-state index contributed by atoms with van der Waals surface area (Å²) in [5.41, 5.74) is 1.38. The lowest BCUT2D eigenvalue weighted by atomic mass is 9.86. The van der Waals surface area contributed by atoms with Gasteiger partial charge in [0.05, 0.1) is 6.07 Å². The lowest BCUT2D eigenvalue weighted by molar-refractivity contribution is -0.134. The zero-order valence-electron chi connectivity index (χ0n) is 12.9. The van der Waals surface area contributed by atoms with Crippen LogP contribution in [-0.4, -0.2) is 45.9 Å². The molecule has 0 aromatic carbocycles. The second-order valence-corrected chi connectivity index (χ2v) is 6.36. The predicted molar refractivity (Wildman–Crippen MR) is 82.7 cm³/mol. The molecule has 2 saturated heterocycles. The van der Waals surface area contributed by atoms with Gasteiger partial charge in [0, 0.05) is 37.6 Å². The van der Waals surface area contributed by atoms with Gasteiger partial charge in [-0.1, -0.05) is 0 Å². The number of hydrogen-bond acceptors (Lipinski definition) is 4. The number of nitriles is 1. The number of carbonyl (C=O) groups is 1. The van der Waals surface area contributed by atoms with E-state index in [9.17, 15) is 4.79 Å². The molecule has 0 N–H and O–H groups in total. The van der Waals surface area contributed by atoms with E-state index in [1.165, 1.54) is 12.0 Å². The van der Waals surface area contributed by atoms with Crippen LogP contribution in [0.5, 0.6) is 0 Å².